The topological polar surface area (TPSA) is 39.4 Å². The minimum absolute atomic E-state index is 0.0402. The molecule has 3 nitrogen and oxygen atoms in total. The summed E-state index contributed by atoms with van der Waals surface area (Å²) in [6, 6.07) is 4.98. The molecule has 0 saturated carbocycles. The van der Waals surface area contributed by atoms with E-state index in [1.54, 1.807) is 12.1 Å². The van der Waals surface area contributed by atoms with E-state index in [0.717, 1.165) is 12.8 Å². The minimum atomic E-state index is -0.672. The van der Waals surface area contributed by atoms with Crippen molar-refractivity contribution in [2.24, 2.45) is 0 Å². The highest BCUT2D eigenvalue weighted by molar-refractivity contribution is 5.83. The van der Waals surface area contributed by atoms with Gasteiger partial charge < -0.3 is 9.15 Å². The zero-order chi connectivity index (χ0) is 17.4. The molecule has 0 atom stereocenters. The van der Waals surface area contributed by atoms with Gasteiger partial charge >= 0.3 is 5.63 Å². The fourth-order valence-electron chi connectivity index (χ4n) is 2.74. The third-order valence-electron chi connectivity index (χ3n) is 4.02. The largest absolute Gasteiger partial charge is 0.486 e. The molecule has 0 spiro atoms. The van der Waals surface area contributed by atoms with E-state index >= 15 is 0 Å². The standard InChI is InChI=1S/C20H25FO3/c1-3-5-6-7-8-9-10-16-14-15-11-12-17(23-13-4-2)19(21)18(15)20(22)24-16/h4,11-12,14H,2-3,5-10,13H2,1H3. The Morgan fingerprint density at radius 1 is 1.21 bits per heavy atom. The molecule has 0 N–H and O–H groups in total. The van der Waals surface area contributed by atoms with Gasteiger partial charge in [0.25, 0.3) is 0 Å². The molecule has 0 radical (unpaired) electrons. The molecule has 0 saturated heterocycles. The minimum Gasteiger partial charge on any atom is -0.486 e. The highest BCUT2D eigenvalue weighted by atomic mass is 19.1. The fourth-order valence-corrected chi connectivity index (χ4v) is 2.74. The average Bonchev–Trinajstić information content (AvgIpc) is 2.57. The molecule has 2 aromatic rings. The lowest BCUT2D eigenvalue weighted by atomic mass is 10.1. The molecule has 0 fully saturated rings. The molecule has 0 aliphatic rings. The molecule has 130 valence electrons. The lowest BCUT2D eigenvalue weighted by Gasteiger charge is -2.08. The Bertz CT molecular complexity index is 733. The van der Waals surface area contributed by atoms with Crippen molar-refractivity contribution in [3.8, 4) is 5.75 Å². The van der Waals surface area contributed by atoms with Crippen molar-refractivity contribution >= 4 is 10.8 Å². The fraction of sp³-hybridized carbons (Fsp3) is 0.450. The monoisotopic (exact) mass is 332 g/mol. The molecule has 0 aliphatic carbocycles. The van der Waals surface area contributed by atoms with Crippen LogP contribution in [0.25, 0.3) is 10.8 Å². The van der Waals surface area contributed by atoms with Crippen molar-refractivity contribution in [2.45, 2.75) is 51.9 Å². The van der Waals surface area contributed by atoms with E-state index in [1.807, 2.05) is 0 Å². The maximum atomic E-state index is 14.4. The smallest absolute Gasteiger partial charge is 0.346 e. The number of hydrogen-bond acceptors (Lipinski definition) is 3. The van der Waals surface area contributed by atoms with Gasteiger partial charge in [-0.2, -0.15) is 0 Å². The zero-order valence-corrected chi connectivity index (χ0v) is 14.3. The van der Waals surface area contributed by atoms with Crippen LogP contribution >= 0.6 is 0 Å². The van der Waals surface area contributed by atoms with E-state index in [4.69, 9.17) is 9.15 Å². The maximum absolute atomic E-state index is 14.4. The Kier molecular flexibility index (Phi) is 7.04. The molecular weight excluding hydrogens is 307 g/mol. The quantitative estimate of drug-likeness (QED) is 0.432. The highest BCUT2D eigenvalue weighted by Gasteiger charge is 2.14. The van der Waals surface area contributed by atoms with Crippen LogP contribution in [0.1, 0.15) is 51.2 Å². The van der Waals surface area contributed by atoms with Crippen LogP contribution in [0.15, 0.2) is 40.1 Å². The molecule has 1 aromatic carbocycles. The van der Waals surface area contributed by atoms with E-state index < -0.39 is 11.4 Å². The first-order valence-electron chi connectivity index (χ1n) is 8.66. The summed E-state index contributed by atoms with van der Waals surface area (Å²) in [6.07, 6.45) is 9.25. The van der Waals surface area contributed by atoms with E-state index in [2.05, 4.69) is 13.5 Å². The van der Waals surface area contributed by atoms with Gasteiger partial charge in [-0.1, -0.05) is 57.7 Å². The highest BCUT2D eigenvalue weighted by Crippen LogP contribution is 2.25. The van der Waals surface area contributed by atoms with Crippen molar-refractivity contribution in [1.82, 2.24) is 0 Å². The van der Waals surface area contributed by atoms with E-state index in [-0.39, 0.29) is 17.7 Å². The summed E-state index contributed by atoms with van der Waals surface area (Å²) >= 11 is 0. The van der Waals surface area contributed by atoms with Gasteiger partial charge in [0.15, 0.2) is 11.6 Å². The van der Waals surface area contributed by atoms with Crippen molar-refractivity contribution in [3.63, 3.8) is 0 Å². The Hall–Kier alpha value is -2.10. The van der Waals surface area contributed by atoms with Crippen LogP contribution < -0.4 is 10.4 Å². The third-order valence-corrected chi connectivity index (χ3v) is 4.02. The van der Waals surface area contributed by atoms with Crippen LogP contribution in [0.5, 0.6) is 5.75 Å². The first kappa shape index (κ1) is 18.2. The van der Waals surface area contributed by atoms with Crippen LogP contribution in [-0.2, 0) is 6.42 Å². The molecule has 1 heterocycles. The van der Waals surface area contributed by atoms with E-state index in [9.17, 15) is 9.18 Å². The number of rotatable bonds is 10. The van der Waals surface area contributed by atoms with Crippen LogP contribution in [0.4, 0.5) is 4.39 Å². The molecule has 0 amide bonds. The normalized spacial score (nSPS) is 10.9. The van der Waals surface area contributed by atoms with Gasteiger partial charge in [0.05, 0.1) is 0 Å². The van der Waals surface area contributed by atoms with Crippen LogP contribution in [0, 0.1) is 5.82 Å². The summed E-state index contributed by atoms with van der Waals surface area (Å²) < 4.78 is 24.9. The molecule has 1 aromatic heterocycles. The van der Waals surface area contributed by atoms with Crippen LogP contribution in [-0.4, -0.2) is 6.61 Å². The van der Waals surface area contributed by atoms with Crippen molar-refractivity contribution < 1.29 is 13.5 Å². The van der Waals surface area contributed by atoms with Crippen molar-refractivity contribution in [2.75, 3.05) is 6.61 Å². The average molecular weight is 332 g/mol. The third kappa shape index (κ3) is 4.70. The van der Waals surface area contributed by atoms with Gasteiger partial charge in [0.2, 0.25) is 0 Å². The van der Waals surface area contributed by atoms with Gasteiger partial charge in [-0.25, -0.2) is 9.18 Å². The summed E-state index contributed by atoms with van der Waals surface area (Å²) in [5.41, 5.74) is -0.643. The molecular formula is C20H25FO3. The lowest BCUT2D eigenvalue weighted by molar-refractivity contribution is 0.343. The maximum Gasteiger partial charge on any atom is 0.346 e. The summed E-state index contributed by atoms with van der Waals surface area (Å²) in [5.74, 6) is -0.0188. The van der Waals surface area contributed by atoms with Gasteiger partial charge in [-0.3, -0.25) is 0 Å². The second-order valence-electron chi connectivity index (χ2n) is 5.96. The Morgan fingerprint density at radius 3 is 2.71 bits per heavy atom. The Balaban J connectivity index is 2.10. The summed E-state index contributed by atoms with van der Waals surface area (Å²) in [7, 11) is 0. The van der Waals surface area contributed by atoms with Crippen LogP contribution in [0.3, 0.4) is 0 Å². The molecule has 24 heavy (non-hydrogen) atoms. The summed E-state index contributed by atoms with van der Waals surface area (Å²) in [5, 5.41) is 0.499. The summed E-state index contributed by atoms with van der Waals surface area (Å²) in [4.78, 5) is 12.1. The van der Waals surface area contributed by atoms with Crippen molar-refractivity contribution in [1.29, 1.82) is 0 Å². The Morgan fingerprint density at radius 2 is 1.96 bits per heavy atom. The van der Waals surface area contributed by atoms with E-state index in [0.29, 0.717) is 17.6 Å². The van der Waals surface area contributed by atoms with Crippen LogP contribution in [0.2, 0.25) is 0 Å². The number of ether oxygens (including phenoxy) is 1. The molecule has 2 rings (SSSR count). The number of halogens is 1. The SMILES string of the molecule is C=CCOc1ccc2cc(CCCCCCCC)oc(=O)c2c1F. The molecule has 0 bridgehead atoms. The number of aryl methyl sites for hydroxylation is 1. The predicted molar refractivity (Wildman–Crippen MR) is 95.2 cm³/mol. The van der Waals surface area contributed by atoms with Gasteiger partial charge in [-0.05, 0) is 23.9 Å². The number of unbranched alkanes of at least 4 members (excludes halogenated alkanes) is 5. The number of benzene rings is 1. The zero-order valence-electron chi connectivity index (χ0n) is 14.3. The number of fused-ring (bicyclic) bond motifs is 1. The second kappa shape index (κ2) is 9.26. The van der Waals surface area contributed by atoms with Gasteiger partial charge in [-0.15, -0.1) is 0 Å². The second-order valence-corrected chi connectivity index (χ2v) is 5.96. The van der Waals surface area contributed by atoms with Gasteiger partial charge in [0.1, 0.15) is 17.8 Å². The molecule has 0 unspecified atom stereocenters. The first-order chi connectivity index (χ1) is 11.7. The predicted octanol–water partition coefficient (Wildman–Crippen LogP) is 5.40. The molecule has 0 aliphatic heterocycles. The molecule has 4 heteroatoms. The number of hydrogen-bond donors (Lipinski definition) is 0. The van der Waals surface area contributed by atoms with Gasteiger partial charge in [0, 0.05) is 6.42 Å². The van der Waals surface area contributed by atoms with Crippen molar-refractivity contribution in [3.05, 3.63) is 52.9 Å². The summed E-state index contributed by atoms with van der Waals surface area (Å²) in [6.45, 7) is 5.90. The first-order valence-corrected chi connectivity index (χ1v) is 8.66. The lowest BCUT2D eigenvalue weighted by Crippen LogP contribution is -2.06. The Labute approximate surface area is 142 Å². The van der Waals surface area contributed by atoms with E-state index in [1.165, 1.54) is 37.8 Å².